The number of halogens is 5. The lowest BCUT2D eigenvalue weighted by Crippen LogP contribution is -2.09. The standard InChI is InChI=1S/C9H5Br2F3O2/c10-3-7(15)4-1-5(9(12,13)14)8(16)6(11)2-4/h1-2,16H,3H2. The molecule has 0 amide bonds. The highest BCUT2D eigenvalue weighted by atomic mass is 79.9. The average Bonchev–Trinajstić information content (AvgIpc) is 2.18. The van der Waals surface area contributed by atoms with Crippen molar-refractivity contribution < 1.29 is 23.1 Å². The first-order chi connectivity index (χ1) is 7.27. The summed E-state index contributed by atoms with van der Waals surface area (Å²) in [6.07, 6.45) is -4.70. The summed E-state index contributed by atoms with van der Waals surface area (Å²) < 4.78 is 37.3. The van der Waals surface area contributed by atoms with Crippen LogP contribution in [0.3, 0.4) is 0 Å². The van der Waals surface area contributed by atoms with Gasteiger partial charge in [0, 0.05) is 5.56 Å². The van der Waals surface area contributed by atoms with Crippen molar-refractivity contribution in [3.63, 3.8) is 0 Å². The first-order valence-corrected chi connectivity index (χ1v) is 5.87. The van der Waals surface area contributed by atoms with Gasteiger partial charge < -0.3 is 5.11 Å². The number of ketones is 1. The Morgan fingerprint density at radius 1 is 1.38 bits per heavy atom. The second-order valence-electron chi connectivity index (χ2n) is 2.91. The van der Waals surface area contributed by atoms with E-state index in [0.717, 1.165) is 6.07 Å². The highest BCUT2D eigenvalue weighted by Crippen LogP contribution is 2.40. The van der Waals surface area contributed by atoms with Crippen molar-refractivity contribution in [2.45, 2.75) is 6.18 Å². The second-order valence-corrected chi connectivity index (χ2v) is 4.32. The number of benzene rings is 1. The average molecular weight is 362 g/mol. The van der Waals surface area contributed by atoms with Gasteiger partial charge in [-0.2, -0.15) is 13.2 Å². The van der Waals surface area contributed by atoms with Crippen LogP contribution in [0.2, 0.25) is 0 Å². The summed E-state index contributed by atoms with van der Waals surface area (Å²) in [5.41, 5.74) is -1.35. The van der Waals surface area contributed by atoms with E-state index in [-0.39, 0.29) is 15.4 Å². The molecule has 0 aliphatic carbocycles. The van der Waals surface area contributed by atoms with Crippen LogP contribution in [0.5, 0.6) is 5.75 Å². The summed E-state index contributed by atoms with van der Waals surface area (Å²) in [5.74, 6) is -1.41. The molecule has 1 N–H and O–H groups in total. The Hall–Kier alpha value is -0.560. The van der Waals surface area contributed by atoms with Crippen molar-refractivity contribution in [1.29, 1.82) is 0 Å². The predicted molar refractivity (Wildman–Crippen MR) is 58.9 cm³/mol. The lowest BCUT2D eigenvalue weighted by atomic mass is 10.1. The molecule has 7 heteroatoms. The Kier molecular flexibility index (Phi) is 4.01. The van der Waals surface area contributed by atoms with Crippen LogP contribution in [0.4, 0.5) is 13.2 Å². The summed E-state index contributed by atoms with van der Waals surface area (Å²) in [6.45, 7) is 0. The number of phenolic OH excluding ortho intramolecular Hbond substituents is 1. The van der Waals surface area contributed by atoms with E-state index in [4.69, 9.17) is 0 Å². The Morgan fingerprint density at radius 3 is 2.38 bits per heavy atom. The molecule has 2 nitrogen and oxygen atoms in total. The van der Waals surface area contributed by atoms with Gasteiger partial charge in [-0.1, -0.05) is 15.9 Å². The molecule has 0 fully saturated rings. The third-order valence-electron chi connectivity index (χ3n) is 1.81. The molecule has 16 heavy (non-hydrogen) atoms. The summed E-state index contributed by atoms with van der Waals surface area (Å²) in [6, 6.07) is 1.78. The SMILES string of the molecule is O=C(CBr)c1cc(Br)c(O)c(C(F)(F)F)c1. The van der Waals surface area contributed by atoms with Gasteiger partial charge in [-0.3, -0.25) is 4.79 Å². The molecule has 0 heterocycles. The third kappa shape index (κ3) is 2.76. The quantitative estimate of drug-likeness (QED) is 0.643. The molecule has 0 aromatic heterocycles. The van der Waals surface area contributed by atoms with Gasteiger partial charge in [0.25, 0.3) is 0 Å². The molecule has 0 saturated heterocycles. The first-order valence-electron chi connectivity index (χ1n) is 3.96. The summed E-state index contributed by atoms with van der Waals surface area (Å²) in [4.78, 5) is 11.2. The van der Waals surface area contributed by atoms with Crippen LogP contribution in [0, 0.1) is 0 Å². The van der Waals surface area contributed by atoms with Crippen LogP contribution in [-0.4, -0.2) is 16.2 Å². The van der Waals surface area contributed by atoms with Crippen LogP contribution in [0.25, 0.3) is 0 Å². The minimum Gasteiger partial charge on any atom is -0.506 e. The zero-order valence-corrected chi connectivity index (χ0v) is 10.8. The second kappa shape index (κ2) is 4.75. The number of carbonyl (C=O) groups is 1. The van der Waals surface area contributed by atoms with Gasteiger partial charge in [-0.15, -0.1) is 0 Å². The molecule has 0 aliphatic heterocycles. The molecule has 88 valence electrons. The Morgan fingerprint density at radius 2 is 1.94 bits per heavy atom. The van der Waals surface area contributed by atoms with Gasteiger partial charge in [0.2, 0.25) is 0 Å². The number of Topliss-reactive ketones (excluding diaryl/α,β-unsaturated/α-hetero) is 1. The molecule has 0 aliphatic rings. The normalized spacial score (nSPS) is 11.6. The summed E-state index contributed by atoms with van der Waals surface area (Å²) in [5, 5.41) is 9.14. The van der Waals surface area contributed by atoms with Crippen molar-refractivity contribution >= 4 is 37.6 Å². The third-order valence-corrected chi connectivity index (χ3v) is 2.93. The van der Waals surface area contributed by atoms with Crippen LogP contribution >= 0.6 is 31.9 Å². The zero-order chi connectivity index (χ0) is 12.5. The largest absolute Gasteiger partial charge is 0.506 e. The highest BCUT2D eigenvalue weighted by molar-refractivity contribution is 9.10. The van der Waals surface area contributed by atoms with E-state index < -0.39 is 23.3 Å². The molecular weight excluding hydrogens is 357 g/mol. The smallest absolute Gasteiger partial charge is 0.420 e. The number of phenols is 1. The van der Waals surface area contributed by atoms with E-state index >= 15 is 0 Å². The Balaban J connectivity index is 3.39. The van der Waals surface area contributed by atoms with Gasteiger partial charge in [0.1, 0.15) is 5.75 Å². The maximum absolute atomic E-state index is 12.5. The molecule has 0 unspecified atom stereocenters. The lowest BCUT2D eigenvalue weighted by molar-refractivity contribution is -0.138. The topological polar surface area (TPSA) is 37.3 Å². The number of alkyl halides is 4. The van der Waals surface area contributed by atoms with E-state index in [0.29, 0.717) is 6.07 Å². The van der Waals surface area contributed by atoms with Gasteiger partial charge in [0.15, 0.2) is 5.78 Å². The van der Waals surface area contributed by atoms with Crippen LogP contribution in [0.1, 0.15) is 15.9 Å². The number of hydrogen-bond donors (Lipinski definition) is 1. The molecule has 0 bridgehead atoms. The van der Waals surface area contributed by atoms with Crippen LogP contribution < -0.4 is 0 Å². The molecule has 1 aromatic carbocycles. The minimum absolute atomic E-state index is 0.0818. The molecule has 1 rings (SSSR count). The summed E-state index contributed by atoms with van der Waals surface area (Å²) in [7, 11) is 0. The van der Waals surface area contributed by atoms with Crippen molar-refractivity contribution in [3.05, 3.63) is 27.7 Å². The van der Waals surface area contributed by atoms with Gasteiger partial charge in [0.05, 0.1) is 15.4 Å². The maximum atomic E-state index is 12.5. The maximum Gasteiger partial charge on any atom is 0.420 e. The van der Waals surface area contributed by atoms with Crippen LogP contribution in [0.15, 0.2) is 16.6 Å². The van der Waals surface area contributed by atoms with E-state index in [1.165, 1.54) is 0 Å². The van der Waals surface area contributed by atoms with Crippen LogP contribution in [-0.2, 0) is 6.18 Å². The lowest BCUT2D eigenvalue weighted by Gasteiger charge is -2.11. The predicted octanol–water partition coefficient (Wildman–Crippen LogP) is 3.75. The van der Waals surface area contributed by atoms with Crippen molar-refractivity contribution in [2.75, 3.05) is 5.33 Å². The van der Waals surface area contributed by atoms with Crippen molar-refractivity contribution in [3.8, 4) is 5.75 Å². The van der Waals surface area contributed by atoms with Gasteiger partial charge >= 0.3 is 6.18 Å². The molecular formula is C9H5Br2F3O2. The Bertz CT molecular complexity index is 429. The van der Waals surface area contributed by atoms with Gasteiger partial charge in [-0.05, 0) is 28.1 Å². The van der Waals surface area contributed by atoms with Crippen molar-refractivity contribution in [2.24, 2.45) is 0 Å². The molecule has 0 spiro atoms. The van der Waals surface area contributed by atoms with E-state index in [9.17, 15) is 23.1 Å². The molecule has 1 aromatic rings. The molecule has 0 saturated carbocycles. The minimum atomic E-state index is -4.70. The first kappa shape index (κ1) is 13.5. The van der Waals surface area contributed by atoms with E-state index in [1.54, 1.807) is 0 Å². The summed E-state index contributed by atoms with van der Waals surface area (Å²) >= 11 is 5.63. The number of hydrogen-bond acceptors (Lipinski definition) is 2. The van der Waals surface area contributed by atoms with Crippen molar-refractivity contribution in [1.82, 2.24) is 0 Å². The molecule has 0 atom stereocenters. The number of carbonyl (C=O) groups excluding carboxylic acids is 1. The fourth-order valence-electron chi connectivity index (χ4n) is 1.05. The fourth-order valence-corrected chi connectivity index (χ4v) is 1.84. The number of aromatic hydroxyl groups is 1. The molecule has 0 radical (unpaired) electrons. The van der Waals surface area contributed by atoms with E-state index in [2.05, 4.69) is 31.9 Å². The van der Waals surface area contributed by atoms with E-state index in [1.807, 2.05) is 0 Å². The van der Waals surface area contributed by atoms with Gasteiger partial charge in [-0.25, -0.2) is 0 Å². The monoisotopic (exact) mass is 360 g/mol. The Labute approximate surface area is 106 Å². The zero-order valence-electron chi connectivity index (χ0n) is 7.61. The highest BCUT2D eigenvalue weighted by Gasteiger charge is 2.35. The number of rotatable bonds is 2. The fraction of sp³-hybridized carbons (Fsp3) is 0.222.